The summed E-state index contributed by atoms with van der Waals surface area (Å²) in [7, 11) is -3.87. The molecule has 204 valence electrons. The van der Waals surface area contributed by atoms with Crippen LogP contribution in [0.1, 0.15) is 59.2 Å². The van der Waals surface area contributed by atoms with E-state index in [-0.39, 0.29) is 16.1 Å². The zero-order chi connectivity index (χ0) is 28.0. The van der Waals surface area contributed by atoms with E-state index in [9.17, 15) is 31.5 Å². The molecule has 13 heteroatoms. The zero-order valence-corrected chi connectivity index (χ0v) is 21.5. The summed E-state index contributed by atoms with van der Waals surface area (Å²) in [5, 5.41) is 16.9. The van der Waals surface area contributed by atoms with Crippen LogP contribution in [0.25, 0.3) is 0 Å². The molecule has 37 heavy (non-hydrogen) atoms. The average molecular weight is 546 g/mol. The molecular formula is C24H30F3N3O6S. The maximum absolute atomic E-state index is 12.9. The number of aliphatic carboxylic acids is 1. The Morgan fingerprint density at radius 2 is 1.43 bits per heavy atom. The van der Waals surface area contributed by atoms with Gasteiger partial charge in [0.15, 0.2) is 0 Å². The first-order valence-electron chi connectivity index (χ1n) is 11.5. The highest BCUT2D eigenvalue weighted by molar-refractivity contribution is 7.92. The van der Waals surface area contributed by atoms with E-state index in [1.165, 1.54) is 18.7 Å². The lowest BCUT2D eigenvalue weighted by atomic mass is 10.1. The van der Waals surface area contributed by atoms with Crippen LogP contribution in [0.5, 0.6) is 0 Å². The van der Waals surface area contributed by atoms with Crippen molar-refractivity contribution in [3.05, 3.63) is 46.6 Å². The minimum atomic E-state index is -5.08. The summed E-state index contributed by atoms with van der Waals surface area (Å²) in [6, 6.07) is 4.82. The second-order valence-corrected chi connectivity index (χ2v) is 10.4. The molecule has 1 aliphatic heterocycles. The summed E-state index contributed by atoms with van der Waals surface area (Å²) in [5.41, 5.74) is 2.67. The third-order valence-corrected chi connectivity index (χ3v) is 7.35. The molecule has 0 saturated carbocycles. The first kappa shape index (κ1) is 29.9. The monoisotopic (exact) mass is 545 g/mol. The van der Waals surface area contributed by atoms with Crippen LogP contribution < -0.4 is 9.62 Å². The third kappa shape index (κ3) is 8.34. The summed E-state index contributed by atoms with van der Waals surface area (Å²) in [5.74, 6) is -3.48. The number of hydrogen-bond acceptors (Lipinski definition) is 6. The van der Waals surface area contributed by atoms with Gasteiger partial charge in [-0.05, 0) is 62.4 Å². The maximum atomic E-state index is 12.9. The van der Waals surface area contributed by atoms with Crippen molar-refractivity contribution >= 4 is 33.5 Å². The summed E-state index contributed by atoms with van der Waals surface area (Å²) in [6.45, 7) is 7.03. The summed E-state index contributed by atoms with van der Waals surface area (Å²) < 4.78 is 60.1. The Hall–Kier alpha value is -3.35. The molecule has 3 rings (SSSR count). The van der Waals surface area contributed by atoms with E-state index in [0.29, 0.717) is 11.4 Å². The Bertz CT molecular complexity index is 1240. The number of aromatic nitrogens is 1. The van der Waals surface area contributed by atoms with Crippen molar-refractivity contribution in [3.63, 3.8) is 0 Å². The van der Waals surface area contributed by atoms with Crippen LogP contribution in [0.15, 0.2) is 29.3 Å². The van der Waals surface area contributed by atoms with Gasteiger partial charge in [-0.25, -0.2) is 23.0 Å². The highest BCUT2D eigenvalue weighted by Crippen LogP contribution is 2.27. The highest BCUT2D eigenvalue weighted by Gasteiger charge is 2.38. The second kappa shape index (κ2) is 12.3. The SMILES string of the molecule is Cc1cc(C)c(S(=O)(=O)Nc2cnc(N3CCCCCCC3)c(C(=O)O)c2)cc1C.O=C(O)C(F)(F)F. The van der Waals surface area contributed by atoms with Crippen LogP contribution in [0.4, 0.5) is 24.7 Å². The molecule has 1 fully saturated rings. The fraction of sp³-hybridized carbons (Fsp3) is 0.458. The molecule has 0 radical (unpaired) electrons. The molecule has 0 atom stereocenters. The van der Waals surface area contributed by atoms with E-state index in [1.807, 2.05) is 24.8 Å². The Balaban J connectivity index is 0.000000604. The van der Waals surface area contributed by atoms with Crippen molar-refractivity contribution in [2.45, 2.75) is 63.9 Å². The van der Waals surface area contributed by atoms with Crippen LogP contribution in [0.2, 0.25) is 0 Å². The lowest BCUT2D eigenvalue weighted by Crippen LogP contribution is -2.29. The van der Waals surface area contributed by atoms with Crippen molar-refractivity contribution < 1.29 is 41.4 Å². The van der Waals surface area contributed by atoms with Crippen LogP contribution >= 0.6 is 0 Å². The van der Waals surface area contributed by atoms with E-state index in [4.69, 9.17) is 9.90 Å². The van der Waals surface area contributed by atoms with Crippen molar-refractivity contribution in [1.29, 1.82) is 0 Å². The molecular weight excluding hydrogens is 515 g/mol. The number of aryl methyl sites for hydroxylation is 3. The first-order valence-corrected chi connectivity index (χ1v) is 13.0. The van der Waals surface area contributed by atoms with Gasteiger partial charge < -0.3 is 15.1 Å². The number of nitrogens with one attached hydrogen (secondary N) is 1. The van der Waals surface area contributed by atoms with Crippen LogP contribution in [0, 0.1) is 20.8 Å². The number of halogens is 3. The van der Waals surface area contributed by atoms with Crippen LogP contribution in [0.3, 0.4) is 0 Å². The topological polar surface area (TPSA) is 137 Å². The number of pyridine rings is 1. The van der Waals surface area contributed by atoms with Gasteiger partial charge in [-0.1, -0.05) is 25.3 Å². The number of benzene rings is 1. The fourth-order valence-corrected chi connectivity index (χ4v) is 5.16. The van der Waals surface area contributed by atoms with Crippen molar-refractivity contribution in [2.75, 3.05) is 22.7 Å². The molecule has 1 aromatic heterocycles. The number of sulfonamides is 1. The number of carboxylic acids is 2. The molecule has 3 N–H and O–H groups in total. The van der Waals surface area contributed by atoms with E-state index in [1.54, 1.807) is 13.0 Å². The van der Waals surface area contributed by atoms with Gasteiger partial charge in [0.1, 0.15) is 11.4 Å². The normalized spacial score (nSPS) is 14.6. The van der Waals surface area contributed by atoms with Gasteiger partial charge in [0, 0.05) is 13.1 Å². The molecule has 0 bridgehead atoms. The Morgan fingerprint density at radius 1 is 0.919 bits per heavy atom. The van der Waals surface area contributed by atoms with Crippen molar-refractivity contribution in [2.24, 2.45) is 0 Å². The number of carboxylic acid groups (broad SMARTS) is 2. The lowest BCUT2D eigenvalue weighted by Gasteiger charge is -2.27. The minimum Gasteiger partial charge on any atom is -0.478 e. The molecule has 2 heterocycles. The first-order chi connectivity index (χ1) is 17.1. The average Bonchev–Trinajstić information content (AvgIpc) is 2.75. The number of rotatable bonds is 5. The minimum absolute atomic E-state index is 0.00702. The number of hydrogen-bond donors (Lipinski definition) is 3. The van der Waals surface area contributed by atoms with Gasteiger partial charge >= 0.3 is 18.1 Å². The third-order valence-electron chi connectivity index (χ3n) is 5.83. The molecule has 0 unspecified atom stereocenters. The molecule has 1 saturated heterocycles. The Kier molecular flexibility index (Phi) is 9.90. The van der Waals surface area contributed by atoms with Gasteiger partial charge in [0.25, 0.3) is 10.0 Å². The summed E-state index contributed by atoms with van der Waals surface area (Å²) >= 11 is 0. The highest BCUT2D eigenvalue weighted by atomic mass is 32.2. The molecule has 0 aliphatic carbocycles. The predicted octanol–water partition coefficient (Wildman–Crippen LogP) is 4.91. The summed E-state index contributed by atoms with van der Waals surface area (Å²) in [6.07, 6.45) is 1.72. The fourth-order valence-electron chi connectivity index (χ4n) is 3.82. The van der Waals surface area contributed by atoms with E-state index >= 15 is 0 Å². The van der Waals surface area contributed by atoms with E-state index in [0.717, 1.165) is 49.9 Å². The molecule has 9 nitrogen and oxygen atoms in total. The predicted molar refractivity (Wildman–Crippen MR) is 132 cm³/mol. The largest absolute Gasteiger partial charge is 0.490 e. The lowest BCUT2D eigenvalue weighted by molar-refractivity contribution is -0.192. The quantitative estimate of drug-likeness (QED) is 0.482. The Morgan fingerprint density at radius 3 is 1.95 bits per heavy atom. The number of aromatic carboxylic acids is 1. The smallest absolute Gasteiger partial charge is 0.478 e. The van der Waals surface area contributed by atoms with Gasteiger partial charge in [-0.2, -0.15) is 13.2 Å². The van der Waals surface area contributed by atoms with Crippen molar-refractivity contribution in [1.82, 2.24) is 4.98 Å². The standard InChI is InChI=1S/C22H29N3O4S.C2HF3O2/c1-15-11-17(3)20(12-16(15)2)30(28,29)24-18-13-19(22(26)27)21(23-14-18)25-9-7-5-4-6-8-10-25;3-2(4,5)1(6)7/h11-14,24H,4-10H2,1-3H3,(H,26,27);(H,6,7). The molecule has 1 aromatic carbocycles. The zero-order valence-electron chi connectivity index (χ0n) is 20.7. The van der Waals surface area contributed by atoms with E-state index in [2.05, 4.69) is 9.71 Å². The molecule has 0 spiro atoms. The Labute approximate surface area is 213 Å². The van der Waals surface area contributed by atoms with Gasteiger partial charge in [-0.15, -0.1) is 0 Å². The molecule has 2 aromatic rings. The van der Waals surface area contributed by atoms with Crippen LogP contribution in [-0.4, -0.2) is 54.8 Å². The number of alkyl halides is 3. The number of anilines is 2. The number of carbonyl (C=O) groups is 2. The second-order valence-electron chi connectivity index (χ2n) is 8.77. The molecule has 1 aliphatic rings. The number of nitrogens with zero attached hydrogens (tertiary/aromatic N) is 2. The van der Waals surface area contributed by atoms with Gasteiger partial charge in [-0.3, -0.25) is 4.72 Å². The maximum Gasteiger partial charge on any atom is 0.490 e. The summed E-state index contributed by atoms with van der Waals surface area (Å²) in [4.78, 5) is 27.3. The van der Waals surface area contributed by atoms with Crippen LogP contribution in [-0.2, 0) is 14.8 Å². The van der Waals surface area contributed by atoms with Crippen molar-refractivity contribution in [3.8, 4) is 0 Å². The van der Waals surface area contributed by atoms with Gasteiger partial charge in [0.2, 0.25) is 0 Å². The van der Waals surface area contributed by atoms with Gasteiger partial charge in [0.05, 0.1) is 16.8 Å². The van der Waals surface area contributed by atoms with E-state index < -0.39 is 28.1 Å². The molecule has 0 amide bonds.